The molecular formula is C27H32ClN5OS. The molecule has 184 valence electrons. The molecule has 2 aliphatic rings. The zero-order valence-electron chi connectivity index (χ0n) is 20.5. The summed E-state index contributed by atoms with van der Waals surface area (Å²) in [5.74, 6) is 0. The fourth-order valence-corrected chi connectivity index (χ4v) is 5.86. The molecule has 2 atom stereocenters. The Balaban J connectivity index is 1.55. The van der Waals surface area contributed by atoms with Gasteiger partial charge in [-0.1, -0.05) is 23.7 Å². The van der Waals surface area contributed by atoms with Crippen LogP contribution >= 0.6 is 23.8 Å². The van der Waals surface area contributed by atoms with E-state index in [1.165, 1.54) is 17.0 Å². The van der Waals surface area contributed by atoms with Crippen molar-refractivity contribution in [2.75, 3.05) is 39.4 Å². The molecule has 0 radical (unpaired) electrons. The van der Waals surface area contributed by atoms with E-state index in [4.69, 9.17) is 33.5 Å². The van der Waals surface area contributed by atoms with Crippen molar-refractivity contribution in [3.05, 3.63) is 81.9 Å². The number of hydrogen-bond donors (Lipinski definition) is 1. The molecule has 6 nitrogen and oxygen atoms in total. The molecule has 5 rings (SSSR count). The van der Waals surface area contributed by atoms with Gasteiger partial charge < -0.3 is 19.5 Å². The number of nitrogens with zero attached hydrogens (tertiary/aromatic N) is 4. The lowest BCUT2D eigenvalue weighted by molar-refractivity contribution is 0.0350. The SMILES string of the molecule is Cc1c(Cl)cccc1-n1c(C)cc([C@@H]2[C@H](c3ccccn3)NC(=S)N2CCN2CCOCC2)c1C. The molecule has 2 aliphatic heterocycles. The highest BCUT2D eigenvalue weighted by Gasteiger charge is 2.41. The van der Waals surface area contributed by atoms with E-state index < -0.39 is 0 Å². The minimum Gasteiger partial charge on any atom is -0.379 e. The van der Waals surface area contributed by atoms with Crippen LogP contribution in [-0.4, -0.2) is 63.9 Å². The molecule has 2 aromatic heterocycles. The molecule has 2 fully saturated rings. The van der Waals surface area contributed by atoms with Gasteiger partial charge in [-0.2, -0.15) is 0 Å². The largest absolute Gasteiger partial charge is 0.379 e. The highest BCUT2D eigenvalue weighted by molar-refractivity contribution is 7.80. The van der Waals surface area contributed by atoms with Crippen LogP contribution in [0.3, 0.4) is 0 Å². The summed E-state index contributed by atoms with van der Waals surface area (Å²) in [4.78, 5) is 9.50. The second-order valence-corrected chi connectivity index (χ2v) is 10.1. The molecule has 35 heavy (non-hydrogen) atoms. The van der Waals surface area contributed by atoms with Gasteiger partial charge in [0, 0.05) is 54.5 Å². The third-order valence-corrected chi connectivity index (χ3v) is 7.99. The topological polar surface area (TPSA) is 45.6 Å². The summed E-state index contributed by atoms with van der Waals surface area (Å²) in [5, 5.41) is 5.15. The Morgan fingerprint density at radius 3 is 2.63 bits per heavy atom. The fraction of sp³-hybridized carbons (Fsp3) is 0.407. The number of aromatic nitrogens is 2. The van der Waals surface area contributed by atoms with Crippen LogP contribution in [-0.2, 0) is 4.74 Å². The Bertz CT molecular complexity index is 1210. The number of halogens is 1. The van der Waals surface area contributed by atoms with Crippen molar-refractivity contribution in [1.82, 2.24) is 24.7 Å². The minimum atomic E-state index is -0.0252. The number of pyridine rings is 1. The normalized spacial score (nSPS) is 20.9. The van der Waals surface area contributed by atoms with Gasteiger partial charge in [0.25, 0.3) is 0 Å². The quantitative estimate of drug-likeness (QED) is 0.484. The predicted octanol–water partition coefficient (Wildman–Crippen LogP) is 4.76. The second-order valence-electron chi connectivity index (χ2n) is 9.32. The average Bonchev–Trinajstić information content (AvgIpc) is 3.35. The highest BCUT2D eigenvalue weighted by atomic mass is 35.5. The number of aryl methyl sites for hydroxylation is 1. The number of thiocarbonyl (C=S) groups is 1. The summed E-state index contributed by atoms with van der Waals surface area (Å²) < 4.78 is 7.85. The van der Waals surface area contributed by atoms with Gasteiger partial charge in [0.15, 0.2) is 5.11 Å². The summed E-state index contributed by atoms with van der Waals surface area (Å²) >= 11 is 12.4. The van der Waals surface area contributed by atoms with Crippen LogP contribution in [0.2, 0.25) is 5.02 Å². The number of morpholine rings is 1. The lowest BCUT2D eigenvalue weighted by atomic mass is 9.96. The molecule has 1 N–H and O–H groups in total. The van der Waals surface area contributed by atoms with Crippen molar-refractivity contribution in [2.45, 2.75) is 32.9 Å². The number of ether oxygens (including phenoxy) is 1. The van der Waals surface area contributed by atoms with Crippen molar-refractivity contribution < 1.29 is 4.74 Å². The standard InChI is InChI=1S/C27H32ClN5OS/c1-18-17-21(20(3)33(18)24-9-6-7-22(28)19(24)2)26-25(23-8-4-5-10-29-23)30-27(35)32(26)12-11-31-13-15-34-16-14-31/h4-10,17,25-26H,11-16H2,1-3H3,(H,30,35)/t25-,26+/m0/s1. The number of benzene rings is 1. The van der Waals surface area contributed by atoms with Crippen LogP contribution in [0.1, 0.15) is 40.3 Å². The van der Waals surface area contributed by atoms with Gasteiger partial charge >= 0.3 is 0 Å². The molecule has 0 saturated carbocycles. The number of rotatable bonds is 6. The summed E-state index contributed by atoms with van der Waals surface area (Å²) in [7, 11) is 0. The van der Waals surface area contributed by atoms with E-state index >= 15 is 0 Å². The van der Waals surface area contributed by atoms with Gasteiger partial charge in [-0.3, -0.25) is 9.88 Å². The molecule has 1 aromatic carbocycles. The third-order valence-electron chi connectivity index (χ3n) is 7.23. The molecular weight excluding hydrogens is 478 g/mol. The maximum atomic E-state index is 6.49. The molecule has 0 aliphatic carbocycles. The van der Waals surface area contributed by atoms with Crippen LogP contribution in [0.25, 0.3) is 5.69 Å². The van der Waals surface area contributed by atoms with Crippen LogP contribution in [0.4, 0.5) is 0 Å². The first-order valence-corrected chi connectivity index (χ1v) is 13.0. The lowest BCUT2D eigenvalue weighted by Crippen LogP contribution is -2.42. The first-order chi connectivity index (χ1) is 17.0. The smallest absolute Gasteiger partial charge is 0.170 e. The monoisotopic (exact) mass is 509 g/mol. The predicted molar refractivity (Wildman–Crippen MR) is 144 cm³/mol. The van der Waals surface area contributed by atoms with E-state index in [0.717, 1.165) is 66.5 Å². The molecule has 0 bridgehead atoms. The van der Waals surface area contributed by atoms with Gasteiger partial charge in [0.05, 0.1) is 31.0 Å². The average molecular weight is 510 g/mol. The van der Waals surface area contributed by atoms with E-state index in [0.29, 0.717) is 0 Å². The third kappa shape index (κ3) is 4.70. The van der Waals surface area contributed by atoms with Crippen LogP contribution in [0.5, 0.6) is 0 Å². The van der Waals surface area contributed by atoms with E-state index in [-0.39, 0.29) is 12.1 Å². The van der Waals surface area contributed by atoms with Crippen LogP contribution in [0.15, 0.2) is 48.7 Å². The van der Waals surface area contributed by atoms with Gasteiger partial charge in [-0.15, -0.1) is 0 Å². The summed E-state index contributed by atoms with van der Waals surface area (Å²) in [6.07, 6.45) is 1.85. The van der Waals surface area contributed by atoms with Crippen molar-refractivity contribution in [2.24, 2.45) is 0 Å². The summed E-state index contributed by atoms with van der Waals surface area (Å²) in [6.45, 7) is 11.7. The zero-order chi connectivity index (χ0) is 24.5. The van der Waals surface area contributed by atoms with E-state index in [2.05, 4.69) is 58.7 Å². The highest BCUT2D eigenvalue weighted by Crippen LogP contribution is 2.41. The molecule has 4 heterocycles. The molecule has 3 aromatic rings. The van der Waals surface area contributed by atoms with E-state index in [9.17, 15) is 0 Å². The fourth-order valence-electron chi connectivity index (χ4n) is 5.35. The Morgan fingerprint density at radius 1 is 1.09 bits per heavy atom. The van der Waals surface area contributed by atoms with Crippen molar-refractivity contribution in [3.8, 4) is 5.69 Å². The Labute approximate surface area is 217 Å². The second kappa shape index (κ2) is 10.3. The Hall–Kier alpha value is -2.45. The number of nitrogens with one attached hydrogen (secondary N) is 1. The Kier molecular flexibility index (Phi) is 7.12. The molecule has 0 spiro atoms. The summed E-state index contributed by atoms with van der Waals surface area (Å²) in [6, 6.07) is 14.5. The first kappa shape index (κ1) is 24.3. The molecule has 2 saturated heterocycles. The van der Waals surface area contributed by atoms with Crippen molar-refractivity contribution in [3.63, 3.8) is 0 Å². The van der Waals surface area contributed by atoms with E-state index in [1.807, 2.05) is 30.5 Å². The van der Waals surface area contributed by atoms with Crippen LogP contribution < -0.4 is 5.32 Å². The molecule has 8 heteroatoms. The van der Waals surface area contributed by atoms with Gasteiger partial charge in [-0.25, -0.2) is 0 Å². The van der Waals surface area contributed by atoms with E-state index in [1.54, 1.807) is 0 Å². The maximum Gasteiger partial charge on any atom is 0.170 e. The zero-order valence-corrected chi connectivity index (χ0v) is 22.1. The van der Waals surface area contributed by atoms with Gasteiger partial charge in [-0.05, 0) is 74.4 Å². The minimum absolute atomic E-state index is 0.0252. The number of hydrogen-bond acceptors (Lipinski definition) is 4. The Morgan fingerprint density at radius 2 is 1.89 bits per heavy atom. The van der Waals surface area contributed by atoms with Gasteiger partial charge in [0.2, 0.25) is 0 Å². The molecule has 0 amide bonds. The lowest BCUT2D eigenvalue weighted by Gasteiger charge is -2.32. The van der Waals surface area contributed by atoms with Gasteiger partial charge in [0.1, 0.15) is 0 Å². The maximum absolute atomic E-state index is 6.49. The van der Waals surface area contributed by atoms with Crippen molar-refractivity contribution >= 4 is 28.9 Å². The van der Waals surface area contributed by atoms with Crippen molar-refractivity contribution in [1.29, 1.82) is 0 Å². The molecule has 0 unspecified atom stereocenters. The first-order valence-electron chi connectivity index (χ1n) is 12.2. The van der Waals surface area contributed by atoms with Crippen LogP contribution in [0, 0.1) is 20.8 Å². The summed E-state index contributed by atoms with van der Waals surface area (Å²) in [5.41, 5.74) is 6.81.